The number of para-hydroxylation sites is 2. The molecule has 0 aliphatic heterocycles. The predicted molar refractivity (Wildman–Crippen MR) is 121 cm³/mol. The van der Waals surface area contributed by atoms with E-state index < -0.39 is 0 Å². The summed E-state index contributed by atoms with van der Waals surface area (Å²) in [4.78, 5) is 12.1. The lowest BCUT2D eigenvalue weighted by atomic mass is 10.1. The Hall–Kier alpha value is -3.77. The Morgan fingerprint density at radius 3 is 2.60 bits per heavy atom. The zero-order valence-electron chi connectivity index (χ0n) is 16.5. The number of hydrogen-bond acceptors (Lipinski definition) is 5. The van der Waals surface area contributed by atoms with Gasteiger partial charge in [-0.05, 0) is 41.5 Å². The van der Waals surface area contributed by atoms with Crippen molar-refractivity contribution in [1.82, 2.24) is 0 Å². The van der Waals surface area contributed by atoms with E-state index in [2.05, 4.69) is 10.6 Å². The van der Waals surface area contributed by atoms with Crippen molar-refractivity contribution in [3.8, 4) is 5.75 Å². The third-order valence-corrected chi connectivity index (χ3v) is 4.32. The lowest BCUT2D eigenvalue weighted by molar-refractivity contribution is -0.111. The summed E-state index contributed by atoms with van der Waals surface area (Å²) < 4.78 is 5.42. The second-order valence-electron chi connectivity index (χ2n) is 6.60. The normalized spacial score (nSPS) is 10.7. The second-order valence-corrected chi connectivity index (χ2v) is 6.60. The highest BCUT2D eigenvalue weighted by Gasteiger charge is 2.01. The van der Waals surface area contributed by atoms with Crippen LogP contribution in [-0.2, 0) is 11.3 Å². The zero-order valence-corrected chi connectivity index (χ0v) is 16.5. The van der Waals surface area contributed by atoms with Gasteiger partial charge in [-0.2, -0.15) is 0 Å². The molecule has 0 saturated heterocycles. The number of nitrogen functional groups attached to an aromatic ring is 1. The van der Waals surface area contributed by atoms with Gasteiger partial charge in [-0.25, -0.2) is 0 Å². The van der Waals surface area contributed by atoms with E-state index in [1.54, 1.807) is 18.2 Å². The van der Waals surface area contributed by atoms with Crippen molar-refractivity contribution >= 4 is 29.0 Å². The van der Waals surface area contributed by atoms with Gasteiger partial charge in [0.25, 0.3) is 0 Å². The first kappa shape index (κ1) is 21.0. The summed E-state index contributed by atoms with van der Waals surface area (Å²) in [5.74, 6) is 0.479. The van der Waals surface area contributed by atoms with Crippen molar-refractivity contribution in [1.29, 1.82) is 0 Å². The van der Waals surface area contributed by atoms with Crippen molar-refractivity contribution in [2.24, 2.45) is 0 Å². The Kier molecular flexibility index (Phi) is 7.46. The first-order valence-corrected chi connectivity index (χ1v) is 9.64. The molecule has 0 fully saturated rings. The van der Waals surface area contributed by atoms with Gasteiger partial charge in [0.2, 0.25) is 5.91 Å². The number of benzene rings is 3. The van der Waals surface area contributed by atoms with Crippen LogP contribution in [0.2, 0.25) is 0 Å². The van der Waals surface area contributed by atoms with Crippen LogP contribution in [0.25, 0.3) is 6.08 Å². The highest BCUT2D eigenvalue weighted by atomic mass is 16.5. The van der Waals surface area contributed by atoms with E-state index in [-0.39, 0.29) is 19.1 Å². The van der Waals surface area contributed by atoms with E-state index in [1.165, 1.54) is 6.08 Å². The highest BCUT2D eigenvalue weighted by molar-refractivity contribution is 6.03. The van der Waals surface area contributed by atoms with Crippen LogP contribution in [0, 0.1) is 0 Å². The van der Waals surface area contributed by atoms with E-state index in [1.807, 2.05) is 60.7 Å². The summed E-state index contributed by atoms with van der Waals surface area (Å²) in [6, 6.07) is 22.7. The third kappa shape index (κ3) is 6.39. The monoisotopic (exact) mass is 403 g/mol. The number of anilines is 3. The van der Waals surface area contributed by atoms with Crippen LogP contribution in [0.4, 0.5) is 17.1 Å². The summed E-state index contributed by atoms with van der Waals surface area (Å²) in [7, 11) is 0. The molecule has 0 radical (unpaired) electrons. The van der Waals surface area contributed by atoms with Gasteiger partial charge in [0.1, 0.15) is 12.4 Å². The SMILES string of the molecule is Nc1ccccc1NC(=O)/C=C\c1ccc(CNc2cccc(OCCO)c2)cc1. The number of ether oxygens (including phenoxy) is 1. The number of amides is 1. The van der Waals surface area contributed by atoms with Gasteiger partial charge in [0.15, 0.2) is 0 Å². The van der Waals surface area contributed by atoms with Crippen molar-refractivity contribution in [2.45, 2.75) is 6.54 Å². The van der Waals surface area contributed by atoms with Crippen LogP contribution in [0.15, 0.2) is 78.9 Å². The molecule has 3 aromatic rings. The standard InChI is InChI=1S/C24H25N3O3/c25-22-6-1-2-7-23(22)27-24(29)13-12-18-8-10-19(11-9-18)17-26-20-4-3-5-21(16-20)30-15-14-28/h1-13,16,26,28H,14-15,17,25H2,(H,27,29)/b13-12-. The quantitative estimate of drug-likeness (QED) is 0.321. The summed E-state index contributed by atoms with van der Waals surface area (Å²) in [5.41, 5.74) is 9.93. The molecule has 0 saturated carbocycles. The van der Waals surface area contributed by atoms with Crippen LogP contribution in [-0.4, -0.2) is 24.2 Å². The predicted octanol–water partition coefficient (Wildman–Crippen LogP) is 3.90. The number of aliphatic hydroxyl groups is 1. The highest BCUT2D eigenvalue weighted by Crippen LogP contribution is 2.19. The maximum absolute atomic E-state index is 12.1. The molecule has 0 bridgehead atoms. The molecular formula is C24H25N3O3. The number of rotatable bonds is 9. The summed E-state index contributed by atoms with van der Waals surface area (Å²) in [5, 5.41) is 15.0. The summed E-state index contributed by atoms with van der Waals surface area (Å²) in [6.45, 7) is 0.914. The molecule has 0 heterocycles. The van der Waals surface area contributed by atoms with Gasteiger partial charge >= 0.3 is 0 Å². The molecule has 154 valence electrons. The molecule has 0 aromatic heterocycles. The first-order valence-electron chi connectivity index (χ1n) is 9.64. The fourth-order valence-electron chi connectivity index (χ4n) is 2.77. The Morgan fingerprint density at radius 1 is 1.03 bits per heavy atom. The molecule has 0 spiro atoms. The fraction of sp³-hybridized carbons (Fsp3) is 0.125. The van der Waals surface area contributed by atoms with Gasteiger partial charge in [-0.3, -0.25) is 4.79 Å². The Labute approximate surface area is 176 Å². The Balaban J connectivity index is 1.52. The summed E-state index contributed by atoms with van der Waals surface area (Å²) >= 11 is 0. The second kappa shape index (κ2) is 10.7. The number of carbonyl (C=O) groups excluding carboxylic acids is 1. The zero-order chi connectivity index (χ0) is 21.2. The minimum atomic E-state index is -0.234. The minimum absolute atomic E-state index is 0.0135. The average Bonchev–Trinajstić information content (AvgIpc) is 2.77. The van der Waals surface area contributed by atoms with Crippen molar-refractivity contribution in [3.05, 3.63) is 90.0 Å². The maximum Gasteiger partial charge on any atom is 0.248 e. The molecule has 30 heavy (non-hydrogen) atoms. The molecule has 0 aliphatic rings. The number of nitrogens with two attached hydrogens (primary N) is 1. The van der Waals surface area contributed by atoms with Gasteiger partial charge in [0, 0.05) is 24.4 Å². The van der Waals surface area contributed by atoms with Crippen molar-refractivity contribution in [3.63, 3.8) is 0 Å². The smallest absolute Gasteiger partial charge is 0.248 e. The van der Waals surface area contributed by atoms with E-state index in [0.717, 1.165) is 16.8 Å². The number of nitrogens with one attached hydrogen (secondary N) is 2. The maximum atomic E-state index is 12.1. The molecule has 3 rings (SSSR count). The lowest BCUT2D eigenvalue weighted by Crippen LogP contribution is -2.09. The Bertz CT molecular complexity index is 1000. The summed E-state index contributed by atoms with van der Waals surface area (Å²) in [6.07, 6.45) is 3.24. The van der Waals surface area contributed by atoms with Crippen LogP contribution in [0.3, 0.4) is 0 Å². The molecule has 0 unspecified atom stereocenters. The number of hydrogen-bond donors (Lipinski definition) is 4. The largest absolute Gasteiger partial charge is 0.491 e. The molecule has 0 atom stereocenters. The first-order chi connectivity index (χ1) is 14.6. The Morgan fingerprint density at radius 2 is 1.83 bits per heavy atom. The third-order valence-electron chi connectivity index (χ3n) is 4.32. The van der Waals surface area contributed by atoms with Crippen molar-refractivity contribution < 1.29 is 14.6 Å². The molecule has 1 amide bonds. The van der Waals surface area contributed by atoms with Gasteiger partial charge in [-0.1, -0.05) is 42.5 Å². The van der Waals surface area contributed by atoms with Crippen LogP contribution in [0.5, 0.6) is 5.75 Å². The van der Waals surface area contributed by atoms with E-state index >= 15 is 0 Å². The lowest BCUT2D eigenvalue weighted by Gasteiger charge is -2.09. The van der Waals surface area contributed by atoms with Crippen LogP contribution in [0.1, 0.15) is 11.1 Å². The van der Waals surface area contributed by atoms with Gasteiger partial charge < -0.3 is 26.2 Å². The minimum Gasteiger partial charge on any atom is -0.491 e. The molecular weight excluding hydrogens is 378 g/mol. The molecule has 5 N–H and O–H groups in total. The van der Waals surface area contributed by atoms with Crippen LogP contribution < -0.4 is 21.1 Å². The molecule has 6 nitrogen and oxygen atoms in total. The van der Waals surface area contributed by atoms with E-state index in [9.17, 15) is 4.79 Å². The van der Waals surface area contributed by atoms with Crippen LogP contribution >= 0.6 is 0 Å². The van der Waals surface area contributed by atoms with E-state index in [4.69, 9.17) is 15.6 Å². The topological polar surface area (TPSA) is 96.6 Å². The number of aliphatic hydroxyl groups excluding tert-OH is 1. The molecule has 0 aliphatic carbocycles. The van der Waals surface area contributed by atoms with Gasteiger partial charge in [0.05, 0.1) is 18.0 Å². The van der Waals surface area contributed by atoms with Crippen molar-refractivity contribution in [2.75, 3.05) is 29.6 Å². The van der Waals surface area contributed by atoms with Gasteiger partial charge in [-0.15, -0.1) is 0 Å². The molecule has 3 aromatic carbocycles. The van der Waals surface area contributed by atoms with E-state index in [0.29, 0.717) is 23.7 Å². The average molecular weight is 403 g/mol. The fourth-order valence-corrected chi connectivity index (χ4v) is 2.77. The number of carbonyl (C=O) groups is 1. The molecule has 6 heteroatoms.